The molecule has 0 amide bonds. The van der Waals surface area contributed by atoms with E-state index in [2.05, 4.69) is 197 Å². The first-order valence-corrected chi connectivity index (χ1v) is 21.0. The molecular formula is C57H37N5. The first-order valence-electron chi connectivity index (χ1n) is 21.0. The minimum atomic E-state index is 0.567. The molecule has 3 aromatic heterocycles. The summed E-state index contributed by atoms with van der Waals surface area (Å²) >= 11 is 0. The van der Waals surface area contributed by atoms with Gasteiger partial charge in [-0.2, -0.15) is 9.97 Å². The first kappa shape index (κ1) is 35.5. The molecule has 0 aliphatic carbocycles. The molecule has 0 N–H and O–H groups in total. The van der Waals surface area contributed by atoms with E-state index in [1.165, 1.54) is 33.0 Å². The SMILES string of the molecule is c1ccc(-c2cc(-c3ccccc3)cc(-c3ccccc3-n3c4ccccc4c4ccc5c(c6ccccc6n5-c5nc(-c6ccccc6)nc(-c6ccccc6)n5)c43)c2)cc1. The summed E-state index contributed by atoms with van der Waals surface area (Å²) in [6.45, 7) is 0. The Morgan fingerprint density at radius 1 is 0.290 bits per heavy atom. The number of nitrogens with zero attached hydrogens (tertiary/aromatic N) is 5. The maximum absolute atomic E-state index is 5.23. The number of hydrogen-bond donors (Lipinski definition) is 0. The maximum Gasteiger partial charge on any atom is 0.238 e. The highest BCUT2D eigenvalue weighted by molar-refractivity contribution is 6.26. The average molecular weight is 792 g/mol. The van der Waals surface area contributed by atoms with E-state index in [4.69, 9.17) is 15.0 Å². The van der Waals surface area contributed by atoms with Gasteiger partial charge in [-0.25, -0.2) is 4.98 Å². The summed E-state index contributed by atoms with van der Waals surface area (Å²) in [6, 6.07) is 79.4. The van der Waals surface area contributed by atoms with Gasteiger partial charge >= 0.3 is 0 Å². The number of rotatable bonds is 7. The summed E-state index contributed by atoms with van der Waals surface area (Å²) in [4.78, 5) is 15.5. The third-order valence-corrected chi connectivity index (χ3v) is 12.0. The van der Waals surface area contributed by atoms with Gasteiger partial charge in [0.15, 0.2) is 11.6 Å². The normalized spacial score (nSPS) is 11.5. The van der Waals surface area contributed by atoms with Crippen molar-refractivity contribution in [2.24, 2.45) is 0 Å². The molecule has 3 heterocycles. The molecule has 0 saturated carbocycles. The molecule has 0 atom stereocenters. The Kier molecular flexibility index (Phi) is 8.42. The van der Waals surface area contributed by atoms with Gasteiger partial charge in [-0.15, -0.1) is 0 Å². The van der Waals surface area contributed by atoms with Crippen LogP contribution in [0.3, 0.4) is 0 Å². The number of para-hydroxylation sites is 3. The fraction of sp³-hybridized carbons (Fsp3) is 0. The zero-order valence-electron chi connectivity index (χ0n) is 33.6. The predicted molar refractivity (Wildman–Crippen MR) is 256 cm³/mol. The molecule has 0 bridgehead atoms. The summed E-state index contributed by atoms with van der Waals surface area (Å²) in [5.41, 5.74) is 14.3. The van der Waals surface area contributed by atoms with Gasteiger partial charge in [0, 0.05) is 38.2 Å². The van der Waals surface area contributed by atoms with Gasteiger partial charge < -0.3 is 4.57 Å². The summed E-state index contributed by atoms with van der Waals surface area (Å²) in [7, 11) is 0. The Balaban J connectivity index is 1.16. The smallest absolute Gasteiger partial charge is 0.238 e. The summed E-state index contributed by atoms with van der Waals surface area (Å²) in [5, 5.41) is 4.63. The van der Waals surface area contributed by atoms with E-state index in [1.807, 2.05) is 36.4 Å². The van der Waals surface area contributed by atoms with Gasteiger partial charge in [0.1, 0.15) is 0 Å². The summed E-state index contributed by atoms with van der Waals surface area (Å²) < 4.78 is 4.70. The number of benzene rings is 9. The van der Waals surface area contributed by atoms with Gasteiger partial charge in [-0.3, -0.25) is 4.57 Å². The van der Waals surface area contributed by atoms with Crippen molar-refractivity contribution in [1.29, 1.82) is 0 Å². The first-order chi connectivity index (χ1) is 30.8. The zero-order chi connectivity index (χ0) is 41.0. The second-order valence-corrected chi connectivity index (χ2v) is 15.6. The largest absolute Gasteiger partial charge is 0.308 e. The van der Waals surface area contributed by atoms with E-state index in [-0.39, 0.29) is 0 Å². The number of hydrogen-bond acceptors (Lipinski definition) is 3. The van der Waals surface area contributed by atoms with Crippen molar-refractivity contribution >= 4 is 43.6 Å². The molecule has 9 aromatic carbocycles. The van der Waals surface area contributed by atoms with Crippen LogP contribution in [0.1, 0.15) is 0 Å². The molecule has 5 heteroatoms. The Labute approximate surface area is 358 Å². The van der Waals surface area contributed by atoms with Crippen molar-refractivity contribution in [3.63, 3.8) is 0 Å². The molecule has 0 aliphatic heterocycles. The third kappa shape index (κ3) is 5.90. The predicted octanol–water partition coefficient (Wildman–Crippen LogP) is 14.4. The lowest BCUT2D eigenvalue weighted by Gasteiger charge is -2.17. The van der Waals surface area contributed by atoms with Crippen LogP contribution in [-0.2, 0) is 0 Å². The van der Waals surface area contributed by atoms with Gasteiger partial charge in [0.2, 0.25) is 5.95 Å². The van der Waals surface area contributed by atoms with Crippen molar-refractivity contribution in [3.05, 3.63) is 224 Å². The minimum absolute atomic E-state index is 0.567. The van der Waals surface area contributed by atoms with Crippen LogP contribution in [0.4, 0.5) is 0 Å². The van der Waals surface area contributed by atoms with Crippen LogP contribution in [0.25, 0.3) is 111 Å². The van der Waals surface area contributed by atoms with Crippen LogP contribution in [0.15, 0.2) is 224 Å². The van der Waals surface area contributed by atoms with Gasteiger partial charge in [0.05, 0.1) is 27.8 Å². The zero-order valence-corrected chi connectivity index (χ0v) is 33.6. The van der Waals surface area contributed by atoms with E-state index in [0.717, 1.165) is 60.8 Å². The van der Waals surface area contributed by atoms with Crippen LogP contribution in [0.2, 0.25) is 0 Å². The van der Waals surface area contributed by atoms with Crippen LogP contribution in [-0.4, -0.2) is 24.1 Å². The standard InChI is InChI=1S/C57H37N5/c1-5-19-38(20-6-1)42-35-43(39-21-7-2-8-22-39)37-44(36-42)45-27-13-16-30-49(45)61-50-31-17-14-28-46(50)47-33-34-52-53(54(47)61)48-29-15-18-32-51(48)62(52)57-59-55(40-23-9-3-10-24-40)58-56(60-57)41-25-11-4-12-26-41/h1-37H. The lowest BCUT2D eigenvalue weighted by atomic mass is 9.92. The van der Waals surface area contributed by atoms with E-state index in [1.54, 1.807) is 0 Å². The molecule has 0 aliphatic rings. The lowest BCUT2D eigenvalue weighted by Crippen LogP contribution is -2.06. The highest BCUT2D eigenvalue weighted by atomic mass is 15.2. The van der Waals surface area contributed by atoms with E-state index >= 15 is 0 Å². The molecule has 0 spiro atoms. The molecule has 5 nitrogen and oxygen atoms in total. The molecule has 0 unspecified atom stereocenters. The Morgan fingerprint density at radius 2 is 0.758 bits per heavy atom. The molecular weight excluding hydrogens is 755 g/mol. The summed E-state index contributed by atoms with van der Waals surface area (Å²) in [5.74, 6) is 1.81. The van der Waals surface area contributed by atoms with Crippen LogP contribution >= 0.6 is 0 Å². The number of fused-ring (bicyclic) bond motifs is 7. The lowest BCUT2D eigenvalue weighted by molar-refractivity contribution is 0.953. The van der Waals surface area contributed by atoms with Crippen molar-refractivity contribution in [1.82, 2.24) is 24.1 Å². The summed E-state index contributed by atoms with van der Waals surface area (Å²) in [6.07, 6.45) is 0. The Bertz CT molecular complexity index is 3500. The molecule has 0 saturated heterocycles. The van der Waals surface area contributed by atoms with Crippen molar-refractivity contribution in [3.8, 4) is 67.8 Å². The highest BCUT2D eigenvalue weighted by Crippen LogP contribution is 2.44. The van der Waals surface area contributed by atoms with Crippen molar-refractivity contribution in [2.75, 3.05) is 0 Å². The van der Waals surface area contributed by atoms with Gasteiger partial charge in [0.25, 0.3) is 0 Å². The molecule has 0 radical (unpaired) electrons. The van der Waals surface area contributed by atoms with Crippen molar-refractivity contribution < 1.29 is 0 Å². The highest BCUT2D eigenvalue weighted by Gasteiger charge is 2.24. The van der Waals surface area contributed by atoms with Crippen LogP contribution < -0.4 is 0 Å². The van der Waals surface area contributed by atoms with E-state index in [0.29, 0.717) is 17.6 Å². The second-order valence-electron chi connectivity index (χ2n) is 15.6. The van der Waals surface area contributed by atoms with Crippen LogP contribution in [0, 0.1) is 0 Å². The molecule has 0 fully saturated rings. The molecule has 12 rings (SSSR count). The van der Waals surface area contributed by atoms with Gasteiger partial charge in [-0.1, -0.05) is 182 Å². The number of aromatic nitrogens is 5. The Morgan fingerprint density at radius 3 is 1.35 bits per heavy atom. The average Bonchev–Trinajstić information content (AvgIpc) is 3.88. The van der Waals surface area contributed by atoms with E-state index in [9.17, 15) is 0 Å². The molecule has 62 heavy (non-hydrogen) atoms. The molecule has 12 aromatic rings. The van der Waals surface area contributed by atoms with Crippen LogP contribution in [0.5, 0.6) is 0 Å². The topological polar surface area (TPSA) is 48.5 Å². The minimum Gasteiger partial charge on any atom is -0.308 e. The van der Waals surface area contributed by atoms with E-state index < -0.39 is 0 Å². The Hall–Kier alpha value is -8.41. The molecule has 290 valence electrons. The van der Waals surface area contributed by atoms with Gasteiger partial charge in [-0.05, 0) is 70.3 Å². The quantitative estimate of drug-likeness (QED) is 0.162. The second kappa shape index (κ2) is 14.7. The monoisotopic (exact) mass is 791 g/mol. The fourth-order valence-corrected chi connectivity index (χ4v) is 9.16. The van der Waals surface area contributed by atoms with Crippen molar-refractivity contribution in [2.45, 2.75) is 0 Å². The fourth-order valence-electron chi connectivity index (χ4n) is 9.16. The maximum atomic E-state index is 5.23. The third-order valence-electron chi connectivity index (χ3n) is 12.0.